The van der Waals surface area contributed by atoms with E-state index in [0.717, 1.165) is 68.9 Å². The number of esters is 2. The predicted molar refractivity (Wildman–Crippen MR) is 274 cm³/mol. The van der Waals surface area contributed by atoms with Crippen molar-refractivity contribution in [2.45, 2.75) is 196 Å². The third kappa shape index (κ3) is 12.0. The number of aliphatic hydroxyl groups is 4. The van der Waals surface area contributed by atoms with Crippen LogP contribution in [0.5, 0.6) is 11.5 Å². The molecule has 8 bridgehead atoms. The Bertz CT molecular complexity index is 2560. The van der Waals surface area contributed by atoms with Crippen LogP contribution < -0.4 is 10.1 Å². The maximum Gasteiger partial charge on any atom is 0.334 e. The second-order valence-corrected chi connectivity index (χ2v) is 22.3. The van der Waals surface area contributed by atoms with Gasteiger partial charge in [0.1, 0.15) is 29.0 Å². The number of ketones is 1. The standard InChI is InChI=1S/C60H75NO11/c1-3-20-60(69)47-18-19-52(64)44(29-47)24-37-10-9-11-38(23-37)27-49(63)31-46-28-41(43-25-39(35-62)26-48(30-43)61-36-59(2,68)21-22-70-50-14-7-8-15-50)16-17-42-34-54(65)72-57-51(42)32-45(33-53(60)71-58(46)67)56(66)55(57)40-12-5-4-6-13-40/h9-11,23,25-26,30-32,40-42,44,47,49-50,53,61-63,66,68-69H,3-8,12-15,18-22,24,27-29,33-36H2,1-2H3. The lowest BCUT2D eigenvalue weighted by Crippen LogP contribution is -2.54. The Morgan fingerprint density at radius 2 is 1.62 bits per heavy atom. The van der Waals surface area contributed by atoms with Crippen molar-refractivity contribution in [3.05, 3.63) is 99.1 Å². The first-order valence-electron chi connectivity index (χ1n) is 27.0. The summed E-state index contributed by atoms with van der Waals surface area (Å²) in [4.78, 5) is 42.8. The van der Waals surface area contributed by atoms with Gasteiger partial charge in [0.25, 0.3) is 0 Å². The van der Waals surface area contributed by atoms with Crippen molar-refractivity contribution < 1.29 is 54.1 Å². The fraction of sp³-hybridized carbons (Fsp3) is 0.583. The van der Waals surface area contributed by atoms with Crippen molar-refractivity contribution in [2.75, 3.05) is 18.5 Å². The quantitative estimate of drug-likeness (QED) is 0.0574. The Morgan fingerprint density at radius 3 is 2.39 bits per heavy atom. The van der Waals surface area contributed by atoms with E-state index in [1.165, 1.54) is 6.08 Å². The van der Waals surface area contributed by atoms with Gasteiger partial charge in [-0.2, -0.15) is 0 Å². The number of ether oxygens (including phenoxy) is 3. The minimum Gasteiger partial charge on any atom is -0.507 e. The fourth-order valence-electron chi connectivity index (χ4n) is 12.7. The predicted octanol–water partition coefficient (Wildman–Crippen LogP) is 9.09. The van der Waals surface area contributed by atoms with Crippen molar-refractivity contribution in [2.24, 2.45) is 11.8 Å². The molecular formula is C60H75NO11. The molecule has 12 nitrogen and oxygen atoms in total. The summed E-state index contributed by atoms with van der Waals surface area (Å²) in [5.74, 6) is 3.80. The van der Waals surface area contributed by atoms with Gasteiger partial charge in [-0.1, -0.05) is 87.6 Å². The summed E-state index contributed by atoms with van der Waals surface area (Å²) in [6.45, 7) is 4.06. The van der Waals surface area contributed by atoms with Crippen molar-refractivity contribution >= 4 is 23.4 Å². The van der Waals surface area contributed by atoms with Crippen LogP contribution in [-0.4, -0.2) is 85.9 Å². The van der Waals surface area contributed by atoms with Gasteiger partial charge in [0, 0.05) is 73.1 Å². The smallest absolute Gasteiger partial charge is 0.334 e. The molecule has 0 amide bonds. The number of Topliss-reactive ketones (excluding diaryl/α,β-unsaturated/α-hetero) is 1. The molecule has 8 atom stereocenters. The van der Waals surface area contributed by atoms with Gasteiger partial charge in [-0.25, -0.2) is 4.79 Å². The molecule has 0 spiro atoms. The number of fused-ring (bicyclic) bond motifs is 8. The van der Waals surface area contributed by atoms with E-state index in [2.05, 4.69) is 17.2 Å². The highest BCUT2D eigenvalue weighted by atomic mass is 16.6. The zero-order valence-corrected chi connectivity index (χ0v) is 42.3. The molecule has 0 aromatic heterocycles. The summed E-state index contributed by atoms with van der Waals surface area (Å²) in [5.41, 5.74) is 2.66. The monoisotopic (exact) mass is 986 g/mol. The molecule has 386 valence electrons. The summed E-state index contributed by atoms with van der Waals surface area (Å²) >= 11 is 0. The van der Waals surface area contributed by atoms with Crippen LogP contribution in [0.1, 0.15) is 180 Å². The van der Waals surface area contributed by atoms with Gasteiger partial charge in [-0.3, -0.25) is 9.59 Å². The van der Waals surface area contributed by atoms with Crippen LogP contribution in [0.4, 0.5) is 5.69 Å². The first kappa shape index (κ1) is 51.9. The second kappa shape index (κ2) is 22.6. The number of phenolic OH excluding ortho intramolecular Hbond substituents is 1. The largest absolute Gasteiger partial charge is 0.507 e. The third-order valence-electron chi connectivity index (χ3n) is 16.7. The van der Waals surface area contributed by atoms with Gasteiger partial charge in [0.15, 0.2) is 0 Å². The number of hydrogen-bond donors (Lipinski definition) is 6. The SMILES string of the molecule is CCCC1(O)C2CCC(=O)C(Cc3cccc(c3)CC(O)C=C3CC(c4cc(CO)cc(NCC(C)(O)CCOC5CCCC5)c4)C#CC4CC(=O)Oc5c4cc(c(O)c5C4CCCCC4)CC1OC3=O)C2. The van der Waals surface area contributed by atoms with E-state index in [0.29, 0.717) is 78.0 Å². The molecule has 3 aliphatic carbocycles. The minimum absolute atomic E-state index is 0.0380. The Balaban J connectivity index is 1.18. The average Bonchev–Trinajstić information content (AvgIpc) is 3.88. The van der Waals surface area contributed by atoms with Crippen LogP contribution in [0.3, 0.4) is 0 Å². The number of benzene rings is 3. The number of phenols is 1. The zero-order valence-electron chi connectivity index (χ0n) is 42.3. The molecule has 3 aromatic rings. The molecule has 72 heavy (non-hydrogen) atoms. The van der Waals surface area contributed by atoms with Crippen molar-refractivity contribution in [3.8, 4) is 23.3 Å². The lowest BCUT2D eigenvalue weighted by Gasteiger charge is -2.45. The molecule has 3 heterocycles. The van der Waals surface area contributed by atoms with Crippen LogP contribution in [0.2, 0.25) is 0 Å². The Morgan fingerprint density at radius 1 is 0.875 bits per heavy atom. The number of carbonyl (C=O) groups is 3. The molecule has 8 unspecified atom stereocenters. The van der Waals surface area contributed by atoms with Crippen LogP contribution in [0.15, 0.2) is 60.2 Å². The van der Waals surface area contributed by atoms with Crippen molar-refractivity contribution in [1.29, 1.82) is 0 Å². The van der Waals surface area contributed by atoms with Gasteiger partial charge >= 0.3 is 11.9 Å². The highest BCUT2D eigenvalue weighted by Gasteiger charge is 2.49. The number of nitrogens with one attached hydrogen (secondary N) is 1. The second-order valence-electron chi connectivity index (χ2n) is 22.3. The van der Waals surface area contributed by atoms with Crippen LogP contribution in [0.25, 0.3) is 0 Å². The fourth-order valence-corrected chi connectivity index (χ4v) is 12.7. The van der Waals surface area contributed by atoms with Gasteiger partial charge < -0.3 is 45.1 Å². The van der Waals surface area contributed by atoms with E-state index < -0.39 is 53.1 Å². The summed E-state index contributed by atoms with van der Waals surface area (Å²) < 4.78 is 18.9. The van der Waals surface area contributed by atoms with E-state index in [1.807, 2.05) is 55.5 Å². The number of anilines is 1. The summed E-state index contributed by atoms with van der Waals surface area (Å²) in [7, 11) is 0. The number of hydrogen-bond acceptors (Lipinski definition) is 12. The molecule has 0 saturated heterocycles. The minimum atomic E-state index is -1.63. The van der Waals surface area contributed by atoms with E-state index in [4.69, 9.17) is 14.2 Å². The van der Waals surface area contributed by atoms with Gasteiger partial charge in [-0.05, 0) is 129 Å². The van der Waals surface area contributed by atoms with E-state index in [1.54, 1.807) is 6.92 Å². The molecule has 6 N–H and O–H groups in total. The maximum absolute atomic E-state index is 15.3. The van der Waals surface area contributed by atoms with Crippen LogP contribution in [-0.2, 0) is 49.7 Å². The lowest BCUT2D eigenvalue weighted by atomic mass is 9.66. The molecule has 6 aliphatic rings. The number of rotatable bonds is 12. The highest BCUT2D eigenvalue weighted by Crippen LogP contribution is 2.51. The van der Waals surface area contributed by atoms with Crippen LogP contribution in [0, 0.1) is 23.7 Å². The maximum atomic E-state index is 15.3. The Labute approximate surface area is 424 Å². The first-order valence-corrected chi connectivity index (χ1v) is 27.0. The average molecular weight is 986 g/mol. The van der Waals surface area contributed by atoms with Gasteiger partial charge in [0.2, 0.25) is 0 Å². The van der Waals surface area contributed by atoms with E-state index in [-0.39, 0.29) is 86.7 Å². The van der Waals surface area contributed by atoms with Crippen LogP contribution >= 0.6 is 0 Å². The molecule has 3 saturated carbocycles. The molecule has 3 aliphatic heterocycles. The summed E-state index contributed by atoms with van der Waals surface area (Å²) in [5, 5.41) is 63.5. The summed E-state index contributed by atoms with van der Waals surface area (Å²) in [6.07, 6.45) is 11.1. The molecular weight excluding hydrogens is 911 g/mol. The molecule has 3 fully saturated rings. The number of aliphatic hydroxyl groups excluding tert-OH is 2. The highest BCUT2D eigenvalue weighted by molar-refractivity contribution is 5.89. The van der Waals surface area contributed by atoms with Crippen molar-refractivity contribution in [3.63, 3.8) is 0 Å². The molecule has 3 aromatic carbocycles. The summed E-state index contributed by atoms with van der Waals surface area (Å²) in [6, 6.07) is 15.2. The number of aromatic hydroxyl groups is 1. The Hall–Kier alpha value is -5.03. The molecule has 9 rings (SSSR count). The zero-order chi connectivity index (χ0) is 50.6. The van der Waals surface area contributed by atoms with Crippen molar-refractivity contribution in [1.82, 2.24) is 0 Å². The third-order valence-corrected chi connectivity index (χ3v) is 16.7. The lowest BCUT2D eigenvalue weighted by molar-refractivity contribution is -0.176. The topological polar surface area (TPSA) is 192 Å². The van der Waals surface area contributed by atoms with E-state index >= 15 is 4.79 Å². The van der Waals surface area contributed by atoms with Gasteiger partial charge in [0.05, 0.1) is 36.8 Å². The molecule has 12 heteroatoms. The van der Waals surface area contributed by atoms with Gasteiger partial charge in [-0.15, -0.1) is 0 Å². The Kier molecular flexibility index (Phi) is 16.3. The first-order chi connectivity index (χ1) is 34.7. The number of carbonyl (C=O) groups excluding carboxylic acids is 3. The normalized spacial score (nSPS) is 28.1. The van der Waals surface area contributed by atoms with E-state index in [9.17, 15) is 35.1 Å². The molecule has 0 radical (unpaired) electrons.